The highest BCUT2D eigenvalue weighted by Gasteiger charge is 2.58. The van der Waals surface area contributed by atoms with E-state index in [1.165, 1.54) is 24.4 Å². The summed E-state index contributed by atoms with van der Waals surface area (Å²) in [5, 5.41) is 25.1. The third-order valence-corrected chi connectivity index (χ3v) is 14.4. The van der Waals surface area contributed by atoms with Gasteiger partial charge in [0.15, 0.2) is 6.10 Å². The lowest BCUT2D eigenvalue weighted by Crippen LogP contribution is -2.62. The zero-order chi connectivity index (χ0) is 56.9. The first kappa shape index (κ1) is 58.6. The molecule has 18 nitrogen and oxygen atoms in total. The van der Waals surface area contributed by atoms with E-state index in [-0.39, 0.29) is 11.3 Å². The van der Waals surface area contributed by atoms with Gasteiger partial charge in [-0.15, -0.1) is 0 Å². The van der Waals surface area contributed by atoms with Crippen LogP contribution in [-0.2, 0) is 36.8 Å². The number of ether oxygens (including phenoxy) is 3. The van der Waals surface area contributed by atoms with Gasteiger partial charge in [0.2, 0.25) is 5.91 Å². The number of hydrogen-bond donors (Lipinski definition) is 6. The van der Waals surface area contributed by atoms with Crippen LogP contribution in [0.1, 0.15) is 62.8 Å². The van der Waals surface area contributed by atoms with E-state index in [2.05, 4.69) is 52.3 Å². The molecular weight excluding hydrogens is 1040 g/mol. The molecule has 3 fully saturated rings. The van der Waals surface area contributed by atoms with Crippen LogP contribution < -0.4 is 26.3 Å². The normalized spacial score (nSPS) is 18.6. The number of fused-ring (bicyclic) bond motifs is 2. The van der Waals surface area contributed by atoms with Crippen LogP contribution in [-0.4, -0.2) is 156 Å². The number of anilines is 1. The van der Waals surface area contributed by atoms with E-state index in [0.717, 1.165) is 71.3 Å². The predicted octanol–water partition coefficient (Wildman–Crippen LogP) is 5.75. The number of hydrogen-bond acceptors (Lipinski definition) is 13. The Balaban J connectivity index is 1.17. The topological polar surface area (TPSA) is 216 Å². The Labute approximate surface area is 443 Å². The highest BCUT2D eigenvalue weighted by molar-refractivity contribution is 5.87. The lowest BCUT2D eigenvalue weighted by atomic mass is 9.82. The molecule has 3 aliphatic rings. The molecule has 0 radical (unpaired) electrons. The SMILES string of the molecule is CNC(=O)O[C@H](C(=O)NN(Cc1c(F)cc(-c2ccn[nH]2)cc1F)C[C@H](O)[C@H](Cc1ccc(C#Cc2ccc(N3C[C@@H]4CC[C@@H](C3)N4C3COC3)nc2)cc1)NC(=O)[C@@H](NC(=O)OC)C(C)(C)C(F)(F)F)C(C)(C)C(F)(F)F. The third-order valence-electron chi connectivity index (χ3n) is 14.4. The highest BCUT2D eigenvalue weighted by Crippen LogP contribution is 2.43. The van der Waals surface area contributed by atoms with Crippen LogP contribution in [0.5, 0.6) is 0 Å². The second-order valence-corrected chi connectivity index (χ2v) is 20.5. The number of amides is 4. The molecule has 2 aromatic heterocycles. The van der Waals surface area contributed by atoms with Crippen LogP contribution in [0.25, 0.3) is 11.3 Å². The number of carbonyl (C=O) groups excluding carboxylic acids is 4. The van der Waals surface area contributed by atoms with Crippen LogP contribution in [0.2, 0.25) is 0 Å². The number of nitrogens with one attached hydrogen (secondary N) is 5. The maximum atomic E-state index is 15.9. The number of pyridine rings is 1. The first-order valence-electron chi connectivity index (χ1n) is 24.8. The van der Waals surface area contributed by atoms with Crippen molar-refractivity contribution in [1.29, 1.82) is 0 Å². The van der Waals surface area contributed by atoms with Crippen molar-refractivity contribution in [2.75, 3.05) is 51.9 Å². The van der Waals surface area contributed by atoms with Crippen molar-refractivity contribution < 1.29 is 73.6 Å². The number of aliphatic hydroxyl groups is 1. The zero-order valence-electron chi connectivity index (χ0n) is 43.3. The Bertz CT molecular complexity index is 2790. The van der Waals surface area contributed by atoms with Gasteiger partial charge in [0.05, 0.1) is 49.6 Å². The van der Waals surface area contributed by atoms with Crippen LogP contribution in [0.4, 0.5) is 50.5 Å². The number of rotatable bonds is 18. The molecule has 5 heterocycles. The van der Waals surface area contributed by atoms with Crippen LogP contribution in [0, 0.1) is 34.3 Å². The van der Waals surface area contributed by atoms with E-state index >= 15 is 8.78 Å². The lowest BCUT2D eigenvalue weighted by Gasteiger charge is -2.47. The number of piperazine rings is 1. The van der Waals surface area contributed by atoms with Crippen molar-refractivity contribution in [2.45, 2.75) is 108 Å². The van der Waals surface area contributed by atoms with Crippen molar-refractivity contribution in [3.05, 3.63) is 101 Å². The molecule has 0 aliphatic carbocycles. The van der Waals surface area contributed by atoms with Crippen LogP contribution in [0.3, 0.4) is 0 Å². The Morgan fingerprint density at radius 3 is 1.99 bits per heavy atom. The molecule has 26 heteroatoms. The Morgan fingerprint density at radius 2 is 1.46 bits per heavy atom. The van der Waals surface area contributed by atoms with Gasteiger partial charge in [-0.1, -0.05) is 24.0 Å². The van der Waals surface area contributed by atoms with Gasteiger partial charge in [0.1, 0.15) is 28.9 Å². The molecule has 0 spiro atoms. The molecule has 7 rings (SSSR count). The minimum Gasteiger partial charge on any atom is -0.453 e. The second-order valence-electron chi connectivity index (χ2n) is 20.5. The number of halogens is 8. The molecule has 422 valence electrons. The molecule has 3 aliphatic heterocycles. The fraction of sp³-hybridized carbons (Fsp3) is 0.500. The summed E-state index contributed by atoms with van der Waals surface area (Å²) in [6.45, 7) is 3.48. The smallest absolute Gasteiger partial charge is 0.407 e. The maximum absolute atomic E-state index is 15.9. The van der Waals surface area contributed by atoms with Gasteiger partial charge in [-0.05, 0) is 95.0 Å². The van der Waals surface area contributed by atoms with E-state index in [0.29, 0.717) is 67.5 Å². The number of methoxy groups -OCH3 is 1. The monoisotopic (exact) mass is 1100 g/mol. The summed E-state index contributed by atoms with van der Waals surface area (Å²) in [5.74, 6) is 1.24. The van der Waals surface area contributed by atoms with Crippen LogP contribution >= 0.6 is 0 Å². The van der Waals surface area contributed by atoms with Crippen LogP contribution in [0.15, 0.2) is 67.0 Å². The molecular formula is C52H60F8N10O8. The summed E-state index contributed by atoms with van der Waals surface area (Å²) in [5.41, 5.74) is -3.30. The Morgan fingerprint density at radius 1 is 0.846 bits per heavy atom. The number of alkyl carbamates (subject to hydrolysis) is 2. The van der Waals surface area contributed by atoms with Gasteiger partial charge in [0, 0.05) is 80.0 Å². The number of H-pyrrole nitrogens is 1. The zero-order valence-corrected chi connectivity index (χ0v) is 43.3. The number of aromatic nitrogens is 3. The number of aliphatic hydroxyl groups excluding tert-OH is 1. The van der Waals surface area contributed by atoms with Gasteiger partial charge in [0.25, 0.3) is 5.91 Å². The summed E-state index contributed by atoms with van der Waals surface area (Å²) < 4.78 is 134. The summed E-state index contributed by atoms with van der Waals surface area (Å²) in [6, 6.07) is 10.3. The number of nitrogens with zero attached hydrogens (tertiary/aromatic N) is 5. The summed E-state index contributed by atoms with van der Waals surface area (Å²) in [7, 11) is 1.85. The largest absolute Gasteiger partial charge is 0.453 e. The Kier molecular flexibility index (Phi) is 17.9. The fourth-order valence-corrected chi connectivity index (χ4v) is 9.42. The number of benzene rings is 2. The third kappa shape index (κ3) is 13.4. The number of aromatic amines is 1. The van der Waals surface area contributed by atoms with Crippen molar-refractivity contribution in [1.82, 2.24) is 46.5 Å². The maximum Gasteiger partial charge on any atom is 0.407 e. The van der Waals surface area contributed by atoms with Crippen molar-refractivity contribution >= 4 is 29.8 Å². The fourth-order valence-electron chi connectivity index (χ4n) is 9.42. The van der Waals surface area contributed by atoms with E-state index in [9.17, 15) is 50.6 Å². The standard InChI is InChI=1S/C52H60F8N10O8/c1-49(2,51(55,56)57)43(65-48(75)76-6)45(72)64-40(19-30-10-7-29(8-11-30)9-12-31-13-16-42(62-22-31)68-23-33-14-15-34(24-68)70(33)35-27-77-28-35)41(71)26-69(25-36-37(53)20-32(21-38(36)54)39-17-18-63-66-39)67-46(73)44(78-47(74)61-5)50(3,4)52(58,59)60/h7-8,10-11,13,16-18,20-22,33-35,40-41,43-44,71H,14-15,19,23-28H2,1-6H3,(H,61,74)(H,63,66)(H,64,72)(H,65,75)(H,67,73)/t33-,34-,40-,41-,43+,44+/m0/s1. The van der Waals surface area contributed by atoms with E-state index < -0.39 is 108 Å². The summed E-state index contributed by atoms with van der Waals surface area (Å²) in [6.07, 6.45) is -13.3. The van der Waals surface area contributed by atoms with Gasteiger partial charge in [-0.2, -0.15) is 31.4 Å². The Hall–Kier alpha value is -7.08. The van der Waals surface area contributed by atoms with Gasteiger partial charge in [-0.3, -0.25) is 25.0 Å². The molecule has 3 saturated heterocycles. The minimum absolute atomic E-state index is 0.0258. The van der Waals surface area contributed by atoms with Gasteiger partial charge >= 0.3 is 24.5 Å². The summed E-state index contributed by atoms with van der Waals surface area (Å²) >= 11 is 0. The minimum atomic E-state index is -5.21. The molecule has 2 bridgehead atoms. The summed E-state index contributed by atoms with van der Waals surface area (Å²) in [4.78, 5) is 62.3. The number of alkyl halides is 6. The number of hydrazine groups is 1. The van der Waals surface area contributed by atoms with Crippen molar-refractivity contribution in [2.24, 2.45) is 10.8 Å². The average molecular weight is 1110 g/mol. The molecule has 2 aromatic carbocycles. The first-order chi connectivity index (χ1) is 36.7. The van der Waals surface area contributed by atoms with Gasteiger partial charge in [-0.25, -0.2) is 28.4 Å². The quantitative estimate of drug-likeness (QED) is 0.0399. The highest BCUT2D eigenvalue weighted by atomic mass is 19.4. The number of carbonyl (C=O) groups is 4. The molecule has 6 N–H and O–H groups in total. The van der Waals surface area contributed by atoms with Crippen molar-refractivity contribution in [3.8, 4) is 23.1 Å². The van der Waals surface area contributed by atoms with E-state index in [1.54, 1.807) is 18.3 Å². The molecule has 4 aromatic rings. The van der Waals surface area contributed by atoms with E-state index in [1.807, 2.05) is 22.8 Å². The first-order valence-corrected chi connectivity index (χ1v) is 24.8. The molecule has 0 saturated carbocycles. The average Bonchev–Trinajstić information content (AvgIpc) is 4.01. The molecule has 6 atom stereocenters. The molecule has 78 heavy (non-hydrogen) atoms. The predicted molar refractivity (Wildman–Crippen MR) is 265 cm³/mol. The lowest BCUT2D eigenvalue weighted by molar-refractivity contribution is -0.239. The molecule has 4 amide bonds. The second kappa shape index (κ2) is 23.9. The van der Waals surface area contributed by atoms with Gasteiger partial charge < -0.3 is 40.2 Å². The van der Waals surface area contributed by atoms with E-state index in [4.69, 9.17) is 9.47 Å². The van der Waals surface area contributed by atoms with Crippen molar-refractivity contribution in [3.63, 3.8) is 0 Å². The molecule has 0 unspecified atom stereocenters.